The van der Waals surface area contributed by atoms with E-state index in [1.807, 2.05) is 4.90 Å². The number of carbonyl (C=O) groups is 2. The molecule has 0 aliphatic carbocycles. The van der Waals surface area contributed by atoms with E-state index in [-0.39, 0.29) is 17.7 Å². The predicted octanol–water partition coefficient (Wildman–Crippen LogP) is 3.40. The summed E-state index contributed by atoms with van der Waals surface area (Å²) >= 11 is 12.0. The Hall–Kier alpha value is -1.30. The molecule has 148 valence electrons. The van der Waals surface area contributed by atoms with Crippen LogP contribution in [0.5, 0.6) is 0 Å². The Kier molecular flexibility index (Phi) is 6.66. The first kappa shape index (κ1) is 20.4. The van der Waals surface area contributed by atoms with E-state index in [0.717, 1.165) is 38.8 Å². The second kappa shape index (κ2) is 8.80. The average molecular weight is 412 g/mol. The molecule has 0 bridgehead atoms. The van der Waals surface area contributed by atoms with E-state index in [1.54, 1.807) is 23.1 Å². The summed E-state index contributed by atoms with van der Waals surface area (Å²) in [5, 5.41) is 0.803. The highest BCUT2D eigenvalue weighted by atomic mass is 35.5. The van der Waals surface area contributed by atoms with Crippen LogP contribution in [-0.4, -0.2) is 72.8 Å². The third-order valence-corrected chi connectivity index (χ3v) is 6.47. The van der Waals surface area contributed by atoms with Gasteiger partial charge in [0.15, 0.2) is 0 Å². The number of nitrogens with zero attached hydrogens (tertiary/aromatic N) is 3. The van der Waals surface area contributed by atoms with Gasteiger partial charge in [-0.2, -0.15) is 0 Å². The van der Waals surface area contributed by atoms with Crippen molar-refractivity contribution in [1.82, 2.24) is 14.7 Å². The van der Waals surface area contributed by atoms with Gasteiger partial charge in [0.2, 0.25) is 5.91 Å². The van der Waals surface area contributed by atoms with E-state index in [9.17, 15) is 9.59 Å². The van der Waals surface area contributed by atoms with Crippen molar-refractivity contribution >= 4 is 35.0 Å². The summed E-state index contributed by atoms with van der Waals surface area (Å²) in [4.78, 5) is 31.8. The lowest BCUT2D eigenvalue weighted by atomic mass is 9.94. The molecule has 3 rings (SSSR count). The molecule has 0 radical (unpaired) electrons. The summed E-state index contributed by atoms with van der Waals surface area (Å²) in [6.07, 6.45) is 3.71. The van der Waals surface area contributed by atoms with E-state index in [1.165, 1.54) is 0 Å². The van der Waals surface area contributed by atoms with Crippen molar-refractivity contribution < 1.29 is 9.59 Å². The number of halogens is 2. The first-order valence-electron chi connectivity index (χ1n) is 9.56. The number of benzene rings is 1. The molecule has 2 fully saturated rings. The van der Waals surface area contributed by atoms with Crippen LogP contribution in [0.15, 0.2) is 18.2 Å². The van der Waals surface area contributed by atoms with Crippen molar-refractivity contribution in [3.05, 3.63) is 33.8 Å². The molecule has 2 aliphatic rings. The van der Waals surface area contributed by atoms with Gasteiger partial charge in [0, 0.05) is 37.8 Å². The lowest BCUT2D eigenvalue weighted by Crippen LogP contribution is -2.50. The van der Waals surface area contributed by atoms with Crippen LogP contribution in [0.25, 0.3) is 0 Å². The van der Waals surface area contributed by atoms with Crippen LogP contribution in [0.1, 0.15) is 36.0 Å². The first-order valence-corrected chi connectivity index (χ1v) is 10.3. The maximum atomic E-state index is 13.0. The Morgan fingerprint density at radius 1 is 1.00 bits per heavy atom. The van der Waals surface area contributed by atoms with Gasteiger partial charge in [-0.05, 0) is 58.0 Å². The van der Waals surface area contributed by atoms with Gasteiger partial charge in [-0.25, -0.2) is 0 Å². The monoisotopic (exact) mass is 411 g/mol. The van der Waals surface area contributed by atoms with Crippen LogP contribution in [-0.2, 0) is 4.79 Å². The lowest BCUT2D eigenvalue weighted by Gasteiger charge is -2.39. The van der Waals surface area contributed by atoms with Crippen molar-refractivity contribution in [3.63, 3.8) is 0 Å². The van der Waals surface area contributed by atoms with Gasteiger partial charge in [-0.3, -0.25) is 9.59 Å². The van der Waals surface area contributed by atoms with Crippen molar-refractivity contribution in [2.24, 2.45) is 5.92 Å². The van der Waals surface area contributed by atoms with Gasteiger partial charge >= 0.3 is 0 Å². The minimum Gasteiger partial charge on any atom is -0.342 e. The average Bonchev–Trinajstić information content (AvgIpc) is 2.69. The van der Waals surface area contributed by atoms with Gasteiger partial charge in [0.05, 0.1) is 16.0 Å². The molecule has 0 N–H and O–H groups in total. The number of amides is 2. The number of hydrogen-bond acceptors (Lipinski definition) is 3. The number of likely N-dealkylation sites (tertiary alicyclic amines) is 2. The Labute approximate surface area is 171 Å². The minimum atomic E-state index is -0.110. The molecule has 0 spiro atoms. The Morgan fingerprint density at radius 2 is 1.70 bits per heavy atom. The second-order valence-electron chi connectivity index (χ2n) is 7.74. The summed E-state index contributed by atoms with van der Waals surface area (Å²) in [7, 11) is 4.19. The smallest absolute Gasteiger partial charge is 0.253 e. The van der Waals surface area contributed by atoms with Crippen LogP contribution in [0.4, 0.5) is 0 Å². The standard InChI is InChI=1S/C20H27Cl2N3O2/c1-23(2)16-7-10-24(11-8-16)20(27)15-4-3-9-25(13-15)19(26)14-5-6-17(21)18(22)12-14/h5-6,12,15-16H,3-4,7-11,13H2,1-2H3. The van der Waals surface area contributed by atoms with E-state index < -0.39 is 0 Å². The molecule has 2 saturated heterocycles. The topological polar surface area (TPSA) is 43.9 Å². The third-order valence-electron chi connectivity index (χ3n) is 5.73. The van der Waals surface area contributed by atoms with Crippen LogP contribution >= 0.6 is 23.2 Å². The van der Waals surface area contributed by atoms with Crippen molar-refractivity contribution in [1.29, 1.82) is 0 Å². The number of carbonyl (C=O) groups excluding carboxylic acids is 2. The van der Waals surface area contributed by atoms with Crippen LogP contribution in [0, 0.1) is 5.92 Å². The van der Waals surface area contributed by atoms with Gasteiger partial charge in [-0.15, -0.1) is 0 Å². The predicted molar refractivity (Wildman–Crippen MR) is 108 cm³/mol. The molecule has 27 heavy (non-hydrogen) atoms. The largest absolute Gasteiger partial charge is 0.342 e. The second-order valence-corrected chi connectivity index (χ2v) is 8.55. The molecule has 2 heterocycles. The fourth-order valence-corrected chi connectivity index (χ4v) is 4.33. The van der Waals surface area contributed by atoms with Gasteiger partial charge in [0.1, 0.15) is 0 Å². The Balaban J connectivity index is 1.61. The highest BCUT2D eigenvalue weighted by Crippen LogP contribution is 2.26. The molecule has 0 aromatic heterocycles. The Bertz CT molecular complexity index is 702. The zero-order valence-corrected chi connectivity index (χ0v) is 17.5. The molecule has 1 aromatic rings. The lowest BCUT2D eigenvalue weighted by molar-refractivity contribution is -0.138. The van der Waals surface area contributed by atoms with Crippen LogP contribution in [0.2, 0.25) is 10.0 Å². The highest BCUT2D eigenvalue weighted by Gasteiger charge is 2.33. The minimum absolute atomic E-state index is 0.0858. The first-order chi connectivity index (χ1) is 12.9. The maximum absolute atomic E-state index is 13.0. The summed E-state index contributed by atoms with van der Waals surface area (Å²) < 4.78 is 0. The molecule has 2 amide bonds. The van der Waals surface area contributed by atoms with E-state index in [0.29, 0.717) is 34.7 Å². The summed E-state index contributed by atoms with van der Waals surface area (Å²) in [6, 6.07) is 5.48. The van der Waals surface area contributed by atoms with Crippen LogP contribution < -0.4 is 0 Å². The van der Waals surface area contributed by atoms with E-state index in [2.05, 4.69) is 19.0 Å². The molecule has 7 heteroatoms. The third kappa shape index (κ3) is 4.76. The van der Waals surface area contributed by atoms with Crippen molar-refractivity contribution in [2.75, 3.05) is 40.3 Å². The molecular formula is C20H27Cl2N3O2. The summed E-state index contributed by atoms with van der Waals surface area (Å²) in [5.41, 5.74) is 0.518. The van der Waals surface area contributed by atoms with Crippen LogP contribution in [0.3, 0.4) is 0 Å². The van der Waals surface area contributed by atoms with Crippen molar-refractivity contribution in [2.45, 2.75) is 31.7 Å². The van der Waals surface area contributed by atoms with E-state index in [4.69, 9.17) is 23.2 Å². The number of piperidine rings is 2. The molecule has 5 nitrogen and oxygen atoms in total. The molecule has 1 aromatic carbocycles. The molecule has 1 unspecified atom stereocenters. The van der Waals surface area contributed by atoms with Gasteiger partial charge in [-0.1, -0.05) is 23.2 Å². The molecule has 1 atom stereocenters. The zero-order chi connectivity index (χ0) is 19.6. The fraction of sp³-hybridized carbons (Fsp3) is 0.600. The summed E-state index contributed by atoms with van der Waals surface area (Å²) in [5.74, 6) is -0.00222. The number of rotatable bonds is 3. The van der Waals surface area contributed by atoms with Gasteiger partial charge in [0.25, 0.3) is 5.91 Å². The Morgan fingerprint density at radius 3 is 2.33 bits per heavy atom. The SMILES string of the molecule is CN(C)C1CCN(C(=O)C2CCCN(C(=O)c3ccc(Cl)c(Cl)c3)C2)CC1. The van der Waals surface area contributed by atoms with Crippen molar-refractivity contribution in [3.8, 4) is 0 Å². The fourth-order valence-electron chi connectivity index (χ4n) is 4.04. The highest BCUT2D eigenvalue weighted by molar-refractivity contribution is 6.42. The number of hydrogen-bond donors (Lipinski definition) is 0. The molecular weight excluding hydrogens is 385 g/mol. The maximum Gasteiger partial charge on any atom is 0.253 e. The summed E-state index contributed by atoms with van der Waals surface area (Å²) in [6.45, 7) is 2.76. The zero-order valence-electron chi connectivity index (χ0n) is 16.0. The normalized spacial score (nSPS) is 21.6. The van der Waals surface area contributed by atoms with Gasteiger partial charge < -0.3 is 14.7 Å². The molecule has 0 saturated carbocycles. The molecule has 2 aliphatic heterocycles. The quantitative estimate of drug-likeness (QED) is 0.765. The van der Waals surface area contributed by atoms with E-state index >= 15 is 0 Å².